The zero-order valence-electron chi connectivity index (χ0n) is 9.57. The number of carboxylic acid groups (broad SMARTS) is 1. The minimum Gasteiger partial charge on any atom is -0.477 e. The third-order valence-electron chi connectivity index (χ3n) is 2.36. The van der Waals surface area contributed by atoms with E-state index in [9.17, 15) is 14.9 Å². The molecule has 1 aromatic heterocycles. The van der Waals surface area contributed by atoms with Crippen LogP contribution in [0.2, 0.25) is 0 Å². The van der Waals surface area contributed by atoms with E-state index < -0.39 is 16.6 Å². The van der Waals surface area contributed by atoms with Crippen LogP contribution in [-0.2, 0) is 6.54 Å². The first-order valence-corrected chi connectivity index (χ1v) is 6.10. The van der Waals surface area contributed by atoms with Gasteiger partial charge in [-0.05, 0) is 12.1 Å². The lowest BCUT2D eigenvalue weighted by atomic mass is 10.1. The molecule has 2 rings (SSSR count). The highest BCUT2D eigenvalue weighted by Gasteiger charge is 2.23. The molecule has 0 radical (unpaired) electrons. The van der Waals surface area contributed by atoms with Gasteiger partial charge in [-0.25, -0.2) is 9.78 Å². The van der Waals surface area contributed by atoms with E-state index in [1.807, 2.05) is 0 Å². The maximum Gasteiger partial charge on any atom is 0.342 e. The Hall–Kier alpha value is -2.48. The van der Waals surface area contributed by atoms with E-state index in [0.29, 0.717) is 6.54 Å². The monoisotopic (exact) mass is 279 g/mol. The fourth-order valence-electron chi connectivity index (χ4n) is 1.57. The second-order valence-corrected chi connectivity index (χ2v) is 4.52. The second-order valence-electron chi connectivity index (χ2n) is 3.54. The van der Waals surface area contributed by atoms with Gasteiger partial charge in [0.05, 0.1) is 11.5 Å². The van der Waals surface area contributed by atoms with Gasteiger partial charge in [0.15, 0.2) is 0 Å². The number of thiazole rings is 1. The van der Waals surface area contributed by atoms with Crippen LogP contribution in [0.25, 0.3) is 0 Å². The number of nitrogens with one attached hydrogen (secondary N) is 1. The van der Waals surface area contributed by atoms with Crippen molar-refractivity contribution in [3.05, 3.63) is 50.5 Å². The SMILES string of the molecule is O=C(O)c1cccc(NCc2nccs2)c1[N+](=O)[O-]. The first-order chi connectivity index (χ1) is 9.09. The summed E-state index contributed by atoms with van der Waals surface area (Å²) < 4.78 is 0. The van der Waals surface area contributed by atoms with Crippen LogP contribution in [-0.4, -0.2) is 21.0 Å². The first-order valence-electron chi connectivity index (χ1n) is 5.22. The molecular formula is C11H9N3O4S. The average molecular weight is 279 g/mol. The number of benzene rings is 1. The van der Waals surface area contributed by atoms with Gasteiger partial charge in [-0.2, -0.15) is 0 Å². The van der Waals surface area contributed by atoms with Gasteiger partial charge in [-0.3, -0.25) is 10.1 Å². The zero-order chi connectivity index (χ0) is 13.8. The van der Waals surface area contributed by atoms with Crippen molar-refractivity contribution in [1.29, 1.82) is 0 Å². The first kappa shape index (κ1) is 13.0. The van der Waals surface area contributed by atoms with Crippen LogP contribution in [0.5, 0.6) is 0 Å². The predicted octanol–water partition coefficient (Wildman–Crippen LogP) is 2.36. The molecule has 0 spiro atoms. The van der Waals surface area contributed by atoms with Crippen LogP contribution in [0.3, 0.4) is 0 Å². The third-order valence-corrected chi connectivity index (χ3v) is 3.14. The normalized spacial score (nSPS) is 10.1. The number of hydrogen-bond acceptors (Lipinski definition) is 6. The van der Waals surface area contributed by atoms with Crippen LogP contribution < -0.4 is 5.32 Å². The Morgan fingerprint density at radius 1 is 1.53 bits per heavy atom. The van der Waals surface area contributed by atoms with Crippen molar-refractivity contribution in [3.63, 3.8) is 0 Å². The number of aromatic carboxylic acids is 1. The Bertz CT molecular complexity index is 612. The third kappa shape index (κ3) is 2.86. The summed E-state index contributed by atoms with van der Waals surface area (Å²) in [7, 11) is 0. The number of nitro benzene ring substituents is 1. The summed E-state index contributed by atoms with van der Waals surface area (Å²) in [5.41, 5.74) is -0.610. The van der Waals surface area contributed by atoms with Gasteiger partial charge in [0.2, 0.25) is 0 Å². The number of hydrogen-bond donors (Lipinski definition) is 2. The lowest BCUT2D eigenvalue weighted by Crippen LogP contribution is -2.07. The fourth-order valence-corrected chi connectivity index (χ4v) is 2.12. The van der Waals surface area contributed by atoms with Crippen molar-refractivity contribution in [3.8, 4) is 0 Å². The highest BCUT2D eigenvalue weighted by Crippen LogP contribution is 2.29. The fraction of sp³-hybridized carbons (Fsp3) is 0.0909. The molecule has 0 unspecified atom stereocenters. The van der Waals surface area contributed by atoms with Crippen LogP contribution in [0.15, 0.2) is 29.8 Å². The number of rotatable bonds is 5. The number of nitro groups is 1. The summed E-state index contributed by atoms with van der Waals surface area (Å²) in [6.45, 7) is 0.307. The van der Waals surface area contributed by atoms with Gasteiger partial charge in [-0.1, -0.05) is 6.07 Å². The Labute approximate surface area is 111 Å². The molecule has 0 aliphatic carbocycles. The van der Waals surface area contributed by atoms with Crippen molar-refractivity contribution in [1.82, 2.24) is 4.98 Å². The van der Waals surface area contributed by atoms with E-state index in [-0.39, 0.29) is 11.3 Å². The van der Waals surface area contributed by atoms with Gasteiger partial charge in [0.1, 0.15) is 16.3 Å². The van der Waals surface area contributed by atoms with E-state index >= 15 is 0 Å². The van der Waals surface area contributed by atoms with Gasteiger partial charge >= 0.3 is 11.7 Å². The second kappa shape index (κ2) is 5.44. The molecule has 19 heavy (non-hydrogen) atoms. The largest absolute Gasteiger partial charge is 0.477 e. The Kier molecular flexibility index (Phi) is 3.71. The molecule has 8 heteroatoms. The Morgan fingerprint density at radius 2 is 2.32 bits per heavy atom. The number of para-hydroxylation sites is 1. The topological polar surface area (TPSA) is 105 Å². The van der Waals surface area contributed by atoms with Crippen LogP contribution in [0.1, 0.15) is 15.4 Å². The summed E-state index contributed by atoms with van der Waals surface area (Å²) >= 11 is 1.41. The molecule has 0 atom stereocenters. The molecule has 1 heterocycles. The smallest absolute Gasteiger partial charge is 0.342 e. The maximum absolute atomic E-state index is 11.0. The molecule has 0 amide bonds. The molecule has 0 saturated carbocycles. The Balaban J connectivity index is 2.31. The quantitative estimate of drug-likeness (QED) is 0.643. The van der Waals surface area contributed by atoms with Crippen molar-refractivity contribution < 1.29 is 14.8 Å². The van der Waals surface area contributed by atoms with E-state index in [0.717, 1.165) is 5.01 Å². The summed E-state index contributed by atoms with van der Waals surface area (Å²) in [4.78, 5) is 25.3. The van der Waals surface area contributed by atoms with Crippen LogP contribution in [0.4, 0.5) is 11.4 Å². The maximum atomic E-state index is 11.0. The summed E-state index contributed by atoms with van der Waals surface area (Å²) in [5.74, 6) is -1.33. The molecule has 0 aliphatic rings. The molecule has 0 saturated heterocycles. The highest BCUT2D eigenvalue weighted by atomic mass is 32.1. The van der Waals surface area contributed by atoms with Crippen LogP contribution in [0, 0.1) is 10.1 Å². The van der Waals surface area contributed by atoms with E-state index in [1.54, 1.807) is 11.6 Å². The number of aromatic nitrogens is 1. The standard InChI is InChI=1S/C11H9N3O4S/c15-11(16)7-2-1-3-8(10(7)14(17)18)13-6-9-12-4-5-19-9/h1-5,13H,6H2,(H,15,16). The number of nitrogens with zero attached hydrogens (tertiary/aromatic N) is 2. The van der Waals surface area contributed by atoms with Gasteiger partial charge in [0.25, 0.3) is 0 Å². The van der Waals surface area contributed by atoms with Gasteiger partial charge < -0.3 is 10.4 Å². The lowest BCUT2D eigenvalue weighted by Gasteiger charge is -2.07. The molecule has 98 valence electrons. The molecule has 0 bridgehead atoms. The van der Waals surface area contributed by atoms with Crippen LogP contribution >= 0.6 is 11.3 Å². The predicted molar refractivity (Wildman–Crippen MR) is 69.5 cm³/mol. The summed E-state index contributed by atoms with van der Waals surface area (Å²) in [5, 5.41) is 25.3. The number of carbonyl (C=O) groups is 1. The van der Waals surface area contributed by atoms with Crippen molar-refractivity contribution in [2.24, 2.45) is 0 Å². The van der Waals surface area contributed by atoms with Crippen molar-refractivity contribution >= 4 is 28.7 Å². The minimum absolute atomic E-state index is 0.167. The summed E-state index contributed by atoms with van der Waals surface area (Å²) in [6.07, 6.45) is 1.63. The molecular weight excluding hydrogens is 270 g/mol. The van der Waals surface area contributed by atoms with Crippen molar-refractivity contribution in [2.75, 3.05) is 5.32 Å². The van der Waals surface area contributed by atoms with Crippen molar-refractivity contribution in [2.45, 2.75) is 6.54 Å². The van der Waals surface area contributed by atoms with Gasteiger partial charge in [-0.15, -0.1) is 11.3 Å². The molecule has 7 nitrogen and oxygen atoms in total. The van der Waals surface area contributed by atoms with E-state index in [1.165, 1.54) is 29.5 Å². The summed E-state index contributed by atoms with van der Waals surface area (Å²) in [6, 6.07) is 4.13. The average Bonchev–Trinajstić information content (AvgIpc) is 2.88. The zero-order valence-corrected chi connectivity index (χ0v) is 10.4. The minimum atomic E-state index is -1.33. The Morgan fingerprint density at radius 3 is 2.89 bits per heavy atom. The molecule has 0 aliphatic heterocycles. The molecule has 2 N–H and O–H groups in total. The van der Waals surface area contributed by atoms with Gasteiger partial charge in [0, 0.05) is 11.6 Å². The number of anilines is 1. The molecule has 0 fully saturated rings. The lowest BCUT2D eigenvalue weighted by molar-refractivity contribution is -0.384. The number of carboxylic acids is 1. The molecule has 1 aromatic carbocycles. The van der Waals surface area contributed by atoms with E-state index in [2.05, 4.69) is 10.3 Å². The molecule has 2 aromatic rings. The van der Waals surface area contributed by atoms with E-state index in [4.69, 9.17) is 5.11 Å². The highest BCUT2D eigenvalue weighted by molar-refractivity contribution is 7.09.